The Morgan fingerprint density at radius 3 is 2.40 bits per heavy atom. The van der Waals surface area contributed by atoms with Gasteiger partial charge in [-0.05, 0) is 54.4 Å². The number of anilines is 2. The third kappa shape index (κ3) is 6.29. The van der Waals surface area contributed by atoms with Crippen LogP contribution in [0.2, 0.25) is 0 Å². The maximum absolute atomic E-state index is 12.6. The number of carbonyl (C=O) groups is 3. The molecule has 0 aromatic heterocycles. The topological polar surface area (TPSA) is 118 Å². The Morgan fingerprint density at radius 2 is 1.60 bits per heavy atom. The molecule has 0 bridgehead atoms. The van der Waals surface area contributed by atoms with Crippen LogP contribution >= 0.6 is 0 Å². The van der Waals surface area contributed by atoms with E-state index in [0.29, 0.717) is 34.9 Å². The number of carbonyl (C=O) groups excluding carboxylic acids is 3. The van der Waals surface area contributed by atoms with Crippen LogP contribution in [0.5, 0.6) is 11.5 Å². The normalized spacial score (nSPS) is 12.4. The van der Waals surface area contributed by atoms with Gasteiger partial charge >= 0.3 is 6.03 Å². The average molecular weight is 475 g/mol. The minimum atomic E-state index is -0.428. The number of ether oxygens (including phenoxy) is 2. The van der Waals surface area contributed by atoms with Crippen LogP contribution < -0.4 is 30.7 Å². The number of amides is 4. The molecule has 1 atom stereocenters. The molecule has 1 aliphatic rings. The Balaban J connectivity index is 1.29. The molecular weight excluding hydrogens is 448 g/mol. The Hall–Kier alpha value is -4.53. The number of benzene rings is 3. The zero-order chi connectivity index (χ0) is 24.6. The second-order valence-electron chi connectivity index (χ2n) is 7.85. The fraction of sp³-hybridized carbons (Fsp3) is 0.192. The van der Waals surface area contributed by atoms with Crippen molar-refractivity contribution in [2.24, 2.45) is 0 Å². The predicted octanol–water partition coefficient (Wildman–Crippen LogP) is 4.06. The van der Waals surface area contributed by atoms with Crippen LogP contribution in [0.3, 0.4) is 0 Å². The number of hydrogen-bond acceptors (Lipinski definition) is 5. The van der Waals surface area contributed by atoms with Gasteiger partial charge in [-0.2, -0.15) is 0 Å². The van der Waals surface area contributed by atoms with E-state index < -0.39 is 11.9 Å². The quantitative estimate of drug-likeness (QED) is 0.393. The third-order valence-corrected chi connectivity index (χ3v) is 5.37. The van der Waals surface area contributed by atoms with E-state index >= 15 is 0 Å². The molecule has 180 valence electrons. The highest BCUT2D eigenvalue weighted by atomic mass is 16.7. The van der Waals surface area contributed by atoms with Crippen molar-refractivity contribution in [2.45, 2.75) is 19.4 Å². The highest BCUT2D eigenvalue weighted by Crippen LogP contribution is 2.34. The number of fused-ring (bicyclic) bond motifs is 1. The third-order valence-electron chi connectivity index (χ3n) is 5.37. The Kier molecular flexibility index (Phi) is 7.47. The van der Waals surface area contributed by atoms with E-state index in [-0.39, 0.29) is 25.3 Å². The van der Waals surface area contributed by atoms with E-state index in [1.807, 2.05) is 43.3 Å². The number of urea groups is 1. The minimum absolute atomic E-state index is 0.183. The van der Waals surface area contributed by atoms with Gasteiger partial charge in [-0.25, -0.2) is 4.79 Å². The zero-order valence-corrected chi connectivity index (χ0v) is 19.2. The first-order valence-electron chi connectivity index (χ1n) is 11.2. The lowest BCUT2D eigenvalue weighted by atomic mass is 10.0. The molecule has 1 unspecified atom stereocenters. The summed E-state index contributed by atoms with van der Waals surface area (Å²) in [6.45, 7) is 1.95. The molecule has 9 heteroatoms. The van der Waals surface area contributed by atoms with Crippen molar-refractivity contribution in [1.29, 1.82) is 0 Å². The molecular formula is C26H26N4O5. The highest BCUT2D eigenvalue weighted by molar-refractivity contribution is 6.01. The van der Waals surface area contributed by atoms with Crippen molar-refractivity contribution >= 4 is 29.2 Å². The van der Waals surface area contributed by atoms with Crippen molar-refractivity contribution in [2.75, 3.05) is 24.0 Å². The lowest BCUT2D eigenvalue weighted by molar-refractivity contribution is -0.120. The fourth-order valence-electron chi connectivity index (χ4n) is 3.61. The summed E-state index contributed by atoms with van der Waals surface area (Å²) >= 11 is 0. The van der Waals surface area contributed by atoms with Gasteiger partial charge in [0.1, 0.15) is 0 Å². The van der Waals surface area contributed by atoms with Crippen LogP contribution in [0.15, 0.2) is 72.8 Å². The average Bonchev–Trinajstić information content (AvgIpc) is 3.34. The van der Waals surface area contributed by atoms with E-state index in [4.69, 9.17) is 9.47 Å². The zero-order valence-electron chi connectivity index (χ0n) is 19.2. The van der Waals surface area contributed by atoms with Gasteiger partial charge in [0.25, 0.3) is 5.91 Å². The Labute approximate surface area is 202 Å². The molecule has 0 saturated heterocycles. The van der Waals surface area contributed by atoms with Crippen molar-refractivity contribution < 1.29 is 23.9 Å². The fourth-order valence-corrected chi connectivity index (χ4v) is 3.61. The van der Waals surface area contributed by atoms with E-state index in [1.165, 1.54) is 0 Å². The molecule has 0 saturated carbocycles. The van der Waals surface area contributed by atoms with E-state index in [0.717, 1.165) is 5.56 Å². The van der Waals surface area contributed by atoms with Gasteiger partial charge in [0, 0.05) is 16.9 Å². The van der Waals surface area contributed by atoms with Gasteiger partial charge in [-0.15, -0.1) is 0 Å². The molecule has 9 nitrogen and oxygen atoms in total. The molecule has 4 N–H and O–H groups in total. The molecule has 4 amide bonds. The number of hydrogen-bond donors (Lipinski definition) is 4. The van der Waals surface area contributed by atoms with Crippen LogP contribution in [0.1, 0.15) is 35.3 Å². The summed E-state index contributed by atoms with van der Waals surface area (Å²) < 4.78 is 10.7. The largest absolute Gasteiger partial charge is 0.454 e. The van der Waals surface area contributed by atoms with Gasteiger partial charge < -0.3 is 30.7 Å². The van der Waals surface area contributed by atoms with Crippen molar-refractivity contribution in [3.8, 4) is 11.5 Å². The summed E-state index contributed by atoms with van der Waals surface area (Å²) in [5.74, 6) is 0.577. The van der Waals surface area contributed by atoms with Gasteiger partial charge in [0.2, 0.25) is 12.7 Å². The van der Waals surface area contributed by atoms with E-state index in [1.54, 1.807) is 36.4 Å². The summed E-state index contributed by atoms with van der Waals surface area (Å²) in [6, 6.07) is 20.4. The van der Waals surface area contributed by atoms with Crippen LogP contribution in [-0.2, 0) is 4.79 Å². The lowest BCUT2D eigenvalue weighted by Gasteiger charge is -2.18. The first-order valence-corrected chi connectivity index (χ1v) is 11.2. The minimum Gasteiger partial charge on any atom is -0.454 e. The summed E-state index contributed by atoms with van der Waals surface area (Å²) in [6.07, 6.45) is 0.665. The molecule has 35 heavy (non-hydrogen) atoms. The maximum atomic E-state index is 12.6. The number of para-hydroxylation sites is 1. The monoisotopic (exact) mass is 474 g/mol. The van der Waals surface area contributed by atoms with Gasteiger partial charge in [0.15, 0.2) is 11.5 Å². The first kappa shape index (κ1) is 23.6. The van der Waals surface area contributed by atoms with Crippen LogP contribution in [0, 0.1) is 0 Å². The van der Waals surface area contributed by atoms with Crippen LogP contribution in [-0.4, -0.2) is 31.2 Å². The Morgan fingerprint density at radius 1 is 0.857 bits per heavy atom. The van der Waals surface area contributed by atoms with Crippen LogP contribution in [0.4, 0.5) is 16.2 Å². The summed E-state index contributed by atoms with van der Waals surface area (Å²) in [7, 11) is 0. The summed E-state index contributed by atoms with van der Waals surface area (Å²) in [5.41, 5.74) is 2.31. The highest BCUT2D eigenvalue weighted by Gasteiger charge is 2.19. The van der Waals surface area contributed by atoms with Gasteiger partial charge in [-0.3, -0.25) is 9.59 Å². The number of nitrogens with one attached hydrogen (secondary N) is 4. The second-order valence-corrected chi connectivity index (χ2v) is 7.85. The van der Waals surface area contributed by atoms with Crippen molar-refractivity contribution in [3.05, 3.63) is 83.9 Å². The molecule has 0 spiro atoms. The van der Waals surface area contributed by atoms with E-state index in [2.05, 4.69) is 21.3 Å². The molecule has 0 fully saturated rings. The molecule has 4 rings (SSSR count). The smallest absolute Gasteiger partial charge is 0.323 e. The SMILES string of the molecule is CCC(NC(=O)CNC(=O)c1cccc(NC(=O)Nc2ccccc2)c1)c1ccc2c(c1)OCO2. The lowest BCUT2D eigenvalue weighted by Crippen LogP contribution is -2.38. The molecule has 3 aromatic rings. The Bertz CT molecular complexity index is 1220. The predicted molar refractivity (Wildman–Crippen MR) is 132 cm³/mol. The van der Waals surface area contributed by atoms with Crippen molar-refractivity contribution in [3.63, 3.8) is 0 Å². The first-order chi connectivity index (χ1) is 17.0. The maximum Gasteiger partial charge on any atom is 0.323 e. The van der Waals surface area contributed by atoms with Crippen LogP contribution in [0.25, 0.3) is 0 Å². The summed E-state index contributed by atoms with van der Waals surface area (Å²) in [5, 5.41) is 10.9. The molecule has 3 aromatic carbocycles. The van der Waals surface area contributed by atoms with Gasteiger partial charge in [-0.1, -0.05) is 37.3 Å². The number of rotatable bonds is 8. The molecule has 1 aliphatic heterocycles. The summed E-state index contributed by atoms with van der Waals surface area (Å²) in [4.78, 5) is 37.3. The van der Waals surface area contributed by atoms with E-state index in [9.17, 15) is 14.4 Å². The molecule has 1 heterocycles. The van der Waals surface area contributed by atoms with Crippen molar-refractivity contribution in [1.82, 2.24) is 10.6 Å². The molecule has 0 aliphatic carbocycles. The van der Waals surface area contributed by atoms with Gasteiger partial charge in [0.05, 0.1) is 12.6 Å². The molecule has 0 radical (unpaired) electrons. The second kappa shape index (κ2) is 11.1. The standard InChI is InChI=1S/C26H26N4O5/c1-2-21(17-11-12-22-23(14-17)35-16-34-22)30-24(31)15-27-25(32)18-7-6-10-20(13-18)29-26(33)28-19-8-4-3-5-9-19/h3-14,21H,2,15-16H2,1H3,(H,27,32)(H,30,31)(H2,28,29,33).